The molecule has 0 spiro atoms. The Kier molecular flexibility index (Phi) is 3.06. The van der Waals surface area contributed by atoms with E-state index >= 15 is 0 Å². The van der Waals surface area contributed by atoms with Crippen LogP contribution in [0.5, 0.6) is 0 Å². The van der Waals surface area contributed by atoms with E-state index in [0.717, 1.165) is 23.7 Å². The number of aryl methyl sites for hydroxylation is 1. The number of nitrogens with zero attached hydrogens (tertiary/aromatic N) is 2. The molecule has 1 unspecified atom stereocenters. The molecule has 1 atom stereocenters. The van der Waals surface area contributed by atoms with Gasteiger partial charge in [0.05, 0.1) is 12.6 Å². The predicted molar refractivity (Wildman–Crippen MR) is 67.8 cm³/mol. The minimum Gasteiger partial charge on any atom is -0.370 e. The van der Waals surface area contributed by atoms with Gasteiger partial charge in [0.15, 0.2) is 5.96 Å². The number of halogens is 1. The molecule has 0 saturated carbocycles. The highest BCUT2D eigenvalue weighted by atomic mass is 35.5. The number of hydrogen-bond acceptors (Lipinski definition) is 3. The molecule has 0 bridgehead atoms. The fourth-order valence-corrected chi connectivity index (χ4v) is 2.20. The van der Waals surface area contributed by atoms with Gasteiger partial charge in [-0.3, -0.25) is 4.99 Å². The van der Waals surface area contributed by atoms with E-state index in [1.165, 1.54) is 5.56 Å². The minimum atomic E-state index is 0.239. The topological polar surface area (TPSA) is 41.6 Å². The van der Waals surface area contributed by atoms with Crippen molar-refractivity contribution in [2.24, 2.45) is 10.7 Å². The largest absolute Gasteiger partial charge is 0.370 e. The lowest BCUT2D eigenvalue weighted by molar-refractivity contribution is 0.364. The van der Waals surface area contributed by atoms with Crippen LogP contribution in [-0.4, -0.2) is 23.9 Å². The molecule has 0 fully saturated rings. The van der Waals surface area contributed by atoms with Crippen LogP contribution in [0.4, 0.5) is 0 Å². The fraction of sp³-hybridized carbons (Fsp3) is 0.417. The fourth-order valence-electron chi connectivity index (χ4n) is 2.01. The number of guanidine groups is 1. The summed E-state index contributed by atoms with van der Waals surface area (Å²) in [6.07, 6.45) is 0. The number of likely N-dealkylation sites (N-methyl/N-ethyl adjacent to an activating group) is 1. The van der Waals surface area contributed by atoms with Crippen LogP contribution in [0.2, 0.25) is 5.02 Å². The van der Waals surface area contributed by atoms with Gasteiger partial charge in [-0.2, -0.15) is 0 Å². The van der Waals surface area contributed by atoms with Gasteiger partial charge in [-0.25, -0.2) is 0 Å². The van der Waals surface area contributed by atoms with Crippen molar-refractivity contribution in [1.82, 2.24) is 4.90 Å². The normalized spacial score (nSPS) is 20.1. The first-order valence-corrected chi connectivity index (χ1v) is 5.84. The SMILES string of the molecule is CCN1C(N)=NCC1c1ccc(C)c(Cl)c1. The third-order valence-corrected chi connectivity index (χ3v) is 3.43. The second-order valence-electron chi connectivity index (χ2n) is 4.01. The van der Waals surface area contributed by atoms with Gasteiger partial charge >= 0.3 is 0 Å². The minimum absolute atomic E-state index is 0.239. The summed E-state index contributed by atoms with van der Waals surface area (Å²) in [4.78, 5) is 6.37. The summed E-state index contributed by atoms with van der Waals surface area (Å²) >= 11 is 6.13. The van der Waals surface area contributed by atoms with Gasteiger partial charge < -0.3 is 10.6 Å². The summed E-state index contributed by atoms with van der Waals surface area (Å²) in [5.41, 5.74) is 8.11. The van der Waals surface area contributed by atoms with Gasteiger partial charge in [0.2, 0.25) is 0 Å². The van der Waals surface area contributed by atoms with Crippen LogP contribution in [0.1, 0.15) is 24.1 Å². The molecular formula is C12H16ClN3. The number of hydrogen-bond donors (Lipinski definition) is 1. The second kappa shape index (κ2) is 4.34. The first-order chi connectivity index (χ1) is 7.63. The van der Waals surface area contributed by atoms with Gasteiger partial charge in [0.25, 0.3) is 0 Å². The Bertz CT molecular complexity index is 428. The van der Waals surface area contributed by atoms with Crippen molar-refractivity contribution in [2.45, 2.75) is 19.9 Å². The molecular weight excluding hydrogens is 222 g/mol. The molecule has 1 aromatic rings. The zero-order valence-corrected chi connectivity index (χ0v) is 10.3. The molecule has 4 heteroatoms. The number of benzene rings is 1. The summed E-state index contributed by atoms with van der Waals surface area (Å²) in [5, 5.41) is 0.805. The molecule has 1 aliphatic rings. The van der Waals surface area contributed by atoms with Crippen molar-refractivity contribution in [1.29, 1.82) is 0 Å². The molecule has 0 amide bonds. The maximum Gasteiger partial charge on any atom is 0.191 e. The van der Waals surface area contributed by atoms with Gasteiger partial charge in [-0.05, 0) is 31.0 Å². The zero-order valence-electron chi connectivity index (χ0n) is 9.57. The molecule has 0 aromatic heterocycles. The number of aliphatic imine (C=N–C) groups is 1. The number of nitrogens with two attached hydrogens (primary N) is 1. The van der Waals surface area contributed by atoms with E-state index in [9.17, 15) is 0 Å². The predicted octanol–water partition coefficient (Wildman–Crippen LogP) is 2.34. The lowest BCUT2D eigenvalue weighted by Gasteiger charge is -2.25. The van der Waals surface area contributed by atoms with Crippen molar-refractivity contribution in [2.75, 3.05) is 13.1 Å². The van der Waals surface area contributed by atoms with E-state index in [2.05, 4.69) is 22.9 Å². The van der Waals surface area contributed by atoms with Crippen LogP contribution in [0.15, 0.2) is 23.2 Å². The van der Waals surface area contributed by atoms with E-state index in [4.69, 9.17) is 17.3 Å². The summed E-state index contributed by atoms with van der Waals surface area (Å²) in [6, 6.07) is 6.39. The van der Waals surface area contributed by atoms with Crippen molar-refractivity contribution >= 4 is 17.6 Å². The average Bonchev–Trinajstić information content (AvgIpc) is 2.63. The first-order valence-electron chi connectivity index (χ1n) is 5.46. The van der Waals surface area contributed by atoms with Crippen molar-refractivity contribution in [3.63, 3.8) is 0 Å². The summed E-state index contributed by atoms with van der Waals surface area (Å²) in [6.45, 7) is 5.67. The smallest absolute Gasteiger partial charge is 0.191 e. The third-order valence-electron chi connectivity index (χ3n) is 3.02. The highest BCUT2D eigenvalue weighted by Crippen LogP contribution is 2.28. The van der Waals surface area contributed by atoms with E-state index in [-0.39, 0.29) is 6.04 Å². The quantitative estimate of drug-likeness (QED) is 0.858. The van der Waals surface area contributed by atoms with Crippen LogP contribution < -0.4 is 5.73 Å². The average molecular weight is 238 g/mol. The molecule has 1 aliphatic heterocycles. The van der Waals surface area contributed by atoms with Crippen molar-refractivity contribution in [3.05, 3.63) is 34.3 Å². The molecule has 0 aliphatic carbocycles. The zero-order chi connectivity index (χ0) is 11.7. The molecule has 1 aromatic carbocycles. The van der Waals surface area contributed by atoms with Crippen LogP contribution >= 0.6 is 11.6 Å². The lowest BCUT2D eigenvalue weighted by Crippen LogP contribution is -2.35. The molecule has 0 radical (unpaired) electrons. The molecule has 1 heterocycles. The maximum absolute atomic E-state index is 6.13. The van der Waals surface area contributed by atoms with E-state index in [1.54, 1.807) is 0 Å². The van der Waals surface area contributed by atoms with Gasteiger partial charge in [-0.1, -0.05) is 23.7 Å². The Morgan fingerprint density at radius 1 is 1.56 bits per heavy atom. The maximum atomic E-state index is 6.13. The van der Waals surface area contributed by atoms with E-state index in [0.29, 0.717) is 5.96 Å². The Labute approximate surface area is 101 Å². The Hall–Kier alpha value is -1.22. The summed E-state index contributed by atoms with van der Waals surface area (Å²) < 4.78 is 0. The second-order valence-corrected chi connectivity index (χ2v) is 4.42. The van der Waals surface area contributed by atoms with Gasteiger partial charge in [0, 0.05) is 11.6 Å². The van der Waals surface area contributed by atoms with E-state index in [1.807, 2.05) is 19.1 Å². The molecule has 86 valence electrons. The third kappa shape index (κ3) is 1.87. The first kappa shape index (κ1) is 11.3. The Balaban J connectivity index is 2.28. The Morgan fingerprint density at radius 3 is 2.94 bits per heavy atom. The molecule has 16 heavy (non-hydrogen) atoms. The standard InChI is InChI=1S/C12H16ClN3/c1-3-16-11(7-15-12(16)14)9-5-4-8(2)10(13)6-9/h4-6,11H,3,7H2,1-2H3,(H2,14,15). The van der Waals surface area contributed by atoms with Crippen molar-refractivity contribution < 1.29 is 0 Å². The monoisotopic (exact) mass is 237 g/mol. The molecule has 2 rings (SSSR count). The van der Waals surface area contributed by atoms with Crippen LogP contribution in [0.3, 0.4) is 0 Å². The summed E-state index contributed by atoms with van der Waals surface area (Å²) in [5.74, 6) is 0.629. The molecule has 0 saturated heterocycles. The lowest BCUT2D eigenvalue weighted by atomic mass is 10.0. The Morgan fingerprint density at radius 2 is 2.31 bits per heavy atom. The van der Waals surface area contributed by atoms with Crippen LogP contribution in [-0.2, 0) is 0 Å². The number of rotatable bonds is 2. The molecule has 3 nitrogen and oxygen atoms in total. The van der Waals surface area contributed by atoms with Gasteiger partial charge in [-0.15, -0.1) is 0 Å². The van der Waals surface area contributed by atoms with Crippen LogP contribution in [0.25, 0.3) is 0 Å². The highest BCUT2D eigenvalue weighted by Gasteiger charge is 2.26. The van der Waals surface area contributed by atoms with Crippen molar-refractivity contribution in [3.8, 4) is 0 Å². The summed E-state index contributed by atoms with van der Waals surface area (Å²) in [7, 11) is 0. The highest BCUT2D eigenvalue weighted by molar-refractivity contribution is 6.31. The van der Waals surface area contributed by atoms with E-state index < -0.39 is 0 Å². The van der Waals surface area contributed by atoms with Crippen LogP contribution in [0, 0.1) is 6.92 Å². The van der Waals surface area contributed by atoms with Gasteiger partial charge in [0.1, 0.15) is 0 Å². The molecule has 2 N–H and O–H groups in total.